The number of carbonyl (C=O) groups excluding carboxylic acids is 2. The van der Waals surface area contributed by atoms with Gasteiger partial charge in [-0.3, -0.25) is 9.59 Å². The van der Waals surface area contributed by atoms with Crippen molar-refractivity contribution in [3.05, 3.63) is 59.4 Å². The number of likely N-dealkylation sites (N-methyl/N-ethyl adjacent to an activating group) is 1. The molecule has 2 heterocycles. The molecule has 0 N–H and O–H groups in total. The van der Waals surface area contributed by atoms with Crippen LogP contribution in [0.15, 0.2) is 42.5 Å². The first-order valence-corrected chi connectivity index (χ1v) is 9.72. The van der Waals surface area contributed by atoms with E-state index in [1.54, 1.807) is 0 Å². The molecule has 1 aliphatic heterocycles. The number of ketones is 1. The molecule has 1 aliphatic carbocycles. The predicted molar refractivity (Wildman–Crippen MR) is 101 cm³/mol. The van der Waals surface area contributed by atoms with E-state index in [0.29, 0.717) is 17.3 Å². The van der Waals surface area contributed by atoms with E-state index < -0.39 is 0 Å². The van der Waals surface area contributed by atoms with Crippen LogP contribution in [0.2, 0.25) is 0 Å². The molecule has 2 aromatic rings. The first-order chi connectivity index (χ1) is 12.7. The van der Waals surface area contributed by atoms with Gasteiger partial charge in [0.2, 0.25) is 11.7 Å². The summed E-state index contributed by atoms with van der Waals surface area (Å²) in [6.45, 7) is 0.741. The number of nitrogens with zero attached hydrogens (tertiary/aromatic N) is 2. The smallest absolute Gasteiger partial charge is 0.231 e. The minimum Gasteiger partial charge on any atom is -0.342 e. The van der Waals surface area contributed by atoms with Crippen LogP contribution >= 0.6 is 0 Å². The topological polar surface area (TPSA) is 42.3 Å². The Morgan fingerprint density at radius 2 is 1.69 bits per heavy atom. The lowest BCUT2D eigenvalue weighted by molar-refractivity contribution is -0.134. The third-order valence-corrected chi connectivity index (χ3v) is 6.05. The maximum Gasteiger partial charge on any atom is 0.231 e. The fraction of sp³-hybridized carbons (Fsp3) is 0.455. The summed E-state index contributed by atoms with van der Waals surface area (Å²) in [4.78, 5) is 27.9. The molecule has 1 amide bonds. The van der Waals surface area contributed by atoms with Gasteiger partial charge in [-0.15, -0.1) is 0 Å². The first kappa shape index (κ1) is 17.1. The van der Waals surface area contributed by atoms with E-state index in [2.05, 4.69) is 0 Å². The lowest BCUT2D eigenvalue weighted by Gasteiger charge is -2.32. The van der Waals surface area contributed by atoms with Gasteiger partial charge in [0.05, 0.1) is 11.6 Å². The monoisotopic (exact) mass is 350 g/mol. The molecule has 0 bridgehead atoms. The summed E-state index contributed by atoms with van der Waals surface area (Å²) in [6.07, 6.45) is 6.76. The summed E-state index contributed by atoms with van der Waals surface area (Å²) in [6, 6.07) is 13.6. The van der Waals surface area contributed by atoms with Gasteiger partial charge in [-0.25, -0.2) is 0 Å². The third kappa shape index (κ3) is 2.98. The highest BCUT2D eigenvalue weighted by Gasteiger charge is 2.35. The fourth-order valence-corrected chi connectivity index (χ4v) is 4.52. The van der Waals surface area contributed by atoms with E-state index in [-0.39, 0.29) is 17.6 Å². The quantitative estimate of drug-likeness (QED) is 0.782. The Morgan fingerprint density at radius 3 is 2.42 bits per heavy atom. The van der Waals surface area contributed by atoms with Crippen LogP contribution in [-0.2, 0) is 11.3 Å². The number of hydrogen-bond acceptors (Lipinski definition) is 2. The van der Waals surface area contributed by atoms with Gasteiger partial charge in [0, 0.05) is 30.9 Å². The predicted octanol–water partition coefficient (Wildman–Crippen LogP) is 4.00. The Kier molecular flexibility index (Phi) is 4.66. The molecule has 0 saturated heterocycles. The van der Waals surface area contributed by atoms with Gasteiger partial charge < -0.3 is 9.47 Å². The largest absolute Gasteiger partial charge is 0.342 e. The fourth-order valence-electron chi connectivity index (χ4n) is 4.52. The number of aromatic nitrogens is 1. The number of rotatable bonds is 4. The molecule has 1 atom stereocenters. The van der Waals surface area contributed by atoms with Crippen LogP contribution in [0.3, 0.4) is 0 Å². The highest BCUT2D eigenvalue weighted by Crippen LogP contribution is 2.34. The van der Waals surface area contributed by atoms with E-state index in [1.807, 2.05) is 59.0 Å². The summed E-state index contributed by atoms with van der Waals surface area (Å²) < 4.78 is 2.05. The van der Waals surface area contributed by atoms with E-state index in [9.17, 15) is 9.59 Å². The lowest BCUT2D eigenvalue weighted by Crippen LogP contribution is -2.40. The summed E-state index contributed by atoms with van der Waals surface area (Å²) >= 11 is 0. The van der Waals surface area contributed by atoms with Crippen LogP contribution in [0, 0.1) is 0 Å². The van der Waals surface area contributed by atoms with E-state index in [4.69, 9.17) is 0 Å². The van der Waals surface area contributed by atoms with Gasteiger partial charge in [-0.1, -0.05) is 49.6 Å². The summed E-state index contributed by atoms with van der Waals surface area (Å²) in [5.41, 5.74) is 2.39. The second kappa shape index (κ2) is 7.10. The molecule has 4 rings (SSSR count). The molecule has 0 unspecified atom stereocenters. The highest BCUT2D eigenvalue weighted by molar-refractivity contribution is 6.08. The standard InChI is InChI=1S/C22H26N2O2/c1-23(17-10-6-3-7-11-17)22(26)18-14-15-24-19(18)12-13-20(24)21(25)16-8-4-2-5-9-16/h2,4-5,8-9,12-13,17-18H,3,6-7,10-11,14-15H2,1H3/t18-/m0/s1. The number of benzene rings is 1. The Balaban J connectivity index is 1.54. The number of carbonyl (C=O) groups is 2. The van der Waals surface area contributed by atoms with Crippen molar-refractivity contribution in [1.82, 2.24) is 9.47 Å². The summed E-state index contributed by atoms with van der Waals surface area (Å²) in [7, 11) is 1.96. The molecule has 4 heteroatoms. The minimum atomic E-state index is -0.112. The summed E-state index contributed by atoms with van der Waals surface area (Å²) in [5.74, 6) is 0.136. The zero-order valence-electron chi connectivity index (χ0n) is 15.4. The van der Waals surface area contributed by atoms with Crippen LogP contribution in [0.5, 0.6) is 0 Å². The van der Waals surface area contributed by atoms with Gasteiger partial charge in [0.15, 0.2) is 0 Å². The Morgan fingerprint density at radius 1 is 0.962 bits per heavy atom. The molecule has 136 valence electrons. The van der Waals surface area contributed by atoms with E-state index in [1.165, 1.54) is 19.3 Å². The van der Waals surface area contributed by atoms with E-state index >= 15 is 0 Å². The molecule has 0 spiro atoms. The molecule has 1 saturated carbocycles. The SMILES string of the molecule is CN(C(=O)[C@H]1CCn2c(C(=O)c3ccccc3)ccc21)C1CCCCC1. The number of hydrogen-bond donors (Lipinski definition) is 0. The van der Waals surface area contributed by atoms with Crippen molar-refractivity contribution < 1.29 is 9.59 Å². The molecule has 1 fully saturated rings. The van der Waals surface area contributed by atoms with Crippen molar-refractivity contribution in [3.8, 4) is 0 Å². The van der Waals surface area contributed by atoms with Crippen LogP contribution in [0.25, 0.3) is 0 Å². The molecular weight excluding hydrogens is 324 g/mol. The summed E-state index contributed by atoms with van der Waals surface area (Å²) in [5, 5.41) is 0. The average Bonchev–Trinajstić information content (AvgIpc) is 3.30. The van der Waals surface area contributed by atoms with E-state index in [0.717, 1.165) is 31.5 Å². The van der Waals surface area contributed by atoms with Crippen LogP contribution in [0.4, 0.5) is 0 Å². The Hall–Kier alpha value is -2.36. The second-order valence-corrected chi connectivity index (χ2v) is 7.57. The second-order valence-electron chi connectivity index (χ2n) is 7.57. The van der Waals surface area contributed by atoms with Crippen molar-refractivity contribution in [2.45, 2.75) is 57.0 Å². The van der Waals surface area contributed by atoms with Crippen LogP contribution in [-0.4, -0.2) is 34.2 Å². The van der Waals surface area contributed by atoms with Crippen molar-refractivity contribution in [1.29, 1.82) is 0 Å². The van der Waals surface area contributed by atoms with Crippen LogP contribution < -0.4 is 0 Å². The van der Waals surface area contributed by atoms with Crippen LogP contribution in [0.1, 0.15) is 66.2 Å². The molecule has 2 aliphatic rings. The normalized spacial score (nSPS) is 20.0. The Labute approximate surface area is 154 Å². The van der Waals surface area contributed by atoms with Gasteiger partial charge in [-0.05, 0) is 31.4 Å². The maximum atomic E-state index is 13.1. The molecule has 0 radical (unpaired) electrons. The molecule has 1 aromatic carbocycles. The zero-order valence-corrected chi connectivity index (χ0v) is 15.4. The van der Waals surface area contributed by atoms with Gasteiger partial charge in [-0.2, -0.15) is 0 Å². The highest BCUT2D eigenvalue weighted by atomic mass is 16.2. The minimum absolute atomic E-state index is 0.0329. The lowest BCUT2D eigenvalue weighted by atomic mass is 9.93. The van der Waals surface area contributed by atoms with Gasteiger partial charge in [0.25, 0.3) is 0 Å². The van der Waals surface area contributed by atoms with Crippen molar-refractivity contribution in [2.24, 2.45) is 0 Å². The first-order valence-electron chi connectivity index (χ1n) is 9.72. The zero-order chi connectivity index (χ0) is 18.1. The number of fused-ring (bicyclic) bond motifs is 1. The molecular formula is C22H26N2O2. The van der Waals surface area contributed by atoms with Gasteiger partial charge in [0.1, 0.15) is 0 Å². The van der Waals surface area contributed by atoms with Crippen molar-refractivity contribution in [2.75, 3.05) is 7.05 Å². The average molecular weight is 350 g/mol. The van der Waals surface area contributed by atoms with Gasteiger partial charge >= 0.3 is 0 Å². The number of amides is 1. The van der Waals surface area contributed by atoms with Crippen molar-refractivity contribution >= 4 is 11.7 Å². The molecule has 4 nitrogen and oxygen atoms in total. The maximum absolute atomic E-state index is 13.1. The molecule has 26 heavy (non-hydrogen) atoms. The Bertz CT molecular complexity index is 803. The third-order valence-electron chi connectivity index (χ3n) is 6.05. The molecule has 1 aromatic heterocycles. The van der Waals surface area contributed by atoms with Crippen molar-refractivity contribution in [3.63, 3.8) is 0 Å².